The fourth-order valence-electron chi connectivity index (χ4n) is 3.93. The SMILES string of the molecule is CCOc1cc(F)cnc1Oc1cncc(-c2ncc(C(=O)N[C@H]3C[C@H](F)CN(C(=O)OC(C)(C)C)C3)cn2)c1. The summed E-state index contributed by atoms with van der Waals surface area (Å²) in [6, 6.07) is 2.17. The zero-order valence-electron chi connectivity index (χ0n) is 22.6. The third-order valence-corrected chi connectivity index (χ3v) is 5.57. The topological polar surface area (TPSA) is 129 Å². The number of rotatable bonds is 7. The number of hydrogen-bond donors (Lipinski definition) is 1. The maximum Gasteiger partial charge on any atom is 0.410 e. The molecule has 0 aromatic carbocycles. The van der Waals surface area contributed by atoms with Crippen LogP contribution in [0.3, 0.4) is 0 Å². The van der Waals surface area contributed by atoms with Gasteiger partial charge in [-0.05, 0) is 33.8 Å². The van der Waals surface area contributed by atoms with Gasteiger partial charge in [-0.2, -0.15) is 0 Å². The molecule has 3 aromatic rings. The molecule has 4 rings (SSSR count). The van der Waals surface area contributed by atoms with Crippen molar-refractivity contribution in [1.29, 1.82) is 0 Å². The number of carbonyl (C=O) groups is 2. The minimum atomic E-state index is -1.30. The molecule has 1 aliphatic rings. The fraction of sp³-hybridized carbons (Fsp3) is 0.407. The first-order chi connectivity index (χ1) is 19.0. The second kappa shape index (κ2) is 12.2. The number of likely N-dealkylation sites (tertiary alicyclic amines) is 1. The molecule has 1 fully saturated rings. The Morgan fingerprint density at radius 1 is 1.07 bits per heavy atom. The van der Waals surface area contributed by atoms with Crippen molar-refractivity contribution in [3.63, 3.8) is 0 Å². The van der Waals surface area contributed by atoms with Crippen molar-refractivity contribution in [2.45, 2.75) is 51.9 Å². The highest BCUT2D eigenvalue weighted by molar-refractivity contribution is 5.94. The molecule has 0 saturated carbocycles. The second-order valence-electron chi connectivity index (χ2n) is 10.1. The quantitative estimate of drug-likeness (QED) is 0.452. The summed E-state index contributed by atoms with van der Waals surface area (Å²) in [5, 5.41) is 2.74. The molecule has 0 unspecified atom stereocenters. The van der Waals surface area contributed by atoms with Crippen molar-refractivity contribution in [2.75, 3.05) is 19.7 Å². The van der Waals surface area contributed by atoms with Gasteiger partial charge in [0.2, 0.25) is 0 Å². The lowest BCUT2D eigenvalue weighted by Gasteiger charge is -2.36. The van der Waals surface area contributed by atoms with E-state index in [9.17, 15) is 18.4 Å². The van der Waals surface area contributed by atoms with E-state index in [-0.39, 0.29) is 48.3 Å². The Morgan fingerprint density at radius 2 is 1.82 bits per heavy atom. The molecule has 0 radical (unpaired) electrons. The van der Waals surface area contributed by atoms with E-state index in [4.69, 9.17) is 14.2 Å². The number of hydrogen-bond acceptors (Lipinski definition) is 9. The Labute approximate surface area is 229 Å². The smallest absolute Gasteiger partial charge is 0.410 e. The molecule has 212 valence electrons. The largest absolute Gasteiger partial charge is 0.488 e. The van der Waals surface area contributed by atoms with Gasteiger partial charge >= 0.3 is 6.09 Å². The van der Waals surface area contributed by atoms with Gasteiger partial charge in [-0.25, -0.2) is 28.5 Å². The second-order valence-corrected chi connectivity index (χ2v) is 10.1. The lowest BCUT2D eigenvalue weighted by atomic mass is 10.0. The average Bonchev–Trinajstić information content (AvgIpc) is 2.89. The Bertz CT molecular complexity index is 1350. The summed E-state index contributed by atoms with van der Waals surface area (Å²) < 4.78 is 44.3. The highest BCUT2D eigenvalue weighted by atomic mass is 19.1. The van der Waals surface area contributed by atoms with Gasteiger partial charge in [0.05, 0.1) is 31.1 Å². The van der Waals surface area contributed by atoms with Crippen LogP contribution in [-0.2, 0) is 4.74 Å². The molecule has 3 aromatic heterocycles. The maximum absolute atomic E-state index is 14.3. The van der Waals surface area contributed by atoms with Gasteiger partial charge in [-0.15, -0.1) is 0 Å². The number of ether oxygens (including phenoxy) is 3. The Kier molecular flexibility index (Phi) is 8.70. The number of alkyl halides is 1. The van der Waals surface area contributed by atoms with Crippen LogP contribution in [0.5, 0.6) is 17.4 Å². The first-order valence-corrected chi connectivity index (χ1v) is 12.7. The average molecular weight is 557 g/mol. The van der Waals surface area contributed by atoms with Crippen LogP contribution in [0.15, 0.2) is 43.1 Å². The molecule has 2 amide bonds. The Morgan fingerprint density at radius 3 is 2.52 bits per heavy atom. The van der Waals surface area contributed by atoms with Crippen LogP contribution in [0.2, 0.25) is 0 Å². The van der Waals surface area contributed by atoms with Crippen LogP contribution in [0.25, 0.3) is 11.4 Å². The van der Waals surface area contributed by atoms with Gasteiger partial charge in [-0.3, -0.25) is 9.78 Å². The summed E-state index contributed by atoms with van der Waals surface area (Å²) in [6.07, 6.45) is 4.76. The maximum atomic E-state index is 14.3. The lowest BCUT2D eigenvalue weighted by molar-refractivity contribution is 0.00940. The first-order valence-electron chi connectivity index (χ1n) is 12.7. The standard InChI is InChI=1S/C27H30F2N6O5/c1-5-38-22-8-18(28)12-33-25(22)39-21-6-16(9-30-13-21)23-31-10-17(11-32-23)24(36)34-20-7-19(29)14-35(15-20)26(37)40-27(2,3)4/h6,8-13,19-20H,5,7,14-15H2,1-4H3,(H,34,36)/t19-,20-/m0/s1. The monoisotopic (exact) mass is 556 g/mol. The van der Waals surface area contributed by atoms with E-state index in [0.717, 1.165) is 6.20 Å². The molecule has 0 spiro atoms. The van der Waals surface area contributed by atoms with Crippen LogP contribution in [-0.4, -0.2) is 74.3 Å². The van der Waals surface area contributed by atoms with Gasteiger partial charge in [0, 0.05) is 49.2 Å². The lowest BCUT2D eigenvalue weighted by Crippen LogP contribution is -2.54. The van der Waals surface area contributed by atoms with Crippen LogP contribution in [0.4, 0.5) is 13.6 Å². The summed E-state index contributed by atoms with van der Waals surface area (Å²) in [7, 11) is 0. The number of carbonyl (C=O) groups excluding carboxylic acids is 2. The van der Waals surface area contributed by atoms with Crippen LogP contribution >= 0.6 is 0 Å². The van der Waals surface area contributed by atoms with Crippen LogP contribution in [0, 0.1) is 5.82 Å². The summed E-state index contributed by atoms with van der Waals surface area (Å²) >= 11 is 0. The molecule has 1 N–H and O–H groups in total. The minimum Gasteiger partial charge on any atom is -0.488 e. The molecule has 11 nitrogen and oxygen atoms in total. The zero-order chi connectivity index (χ0) is 28.9. The molecule has 4 heterocycles. The minimum absolute atomic E-state index is 0.0658. The highest BCUT2D eigenvalue weighted by Crippen LogP contribution is 2.31. The van der Waals surface area contributed by atoms with E-state index in [1.165, 1.54) is 35.8 Å². The predicted octanol–water partition coefficient (Wildman–Crippen LogP) is 4.34. The van der Waals surface area contributed by atoms with Crippen LogP contribution < -0.4 is 14.8 Å². The number of piperidine rings is 1. The molecule has 13 heteroatoms. The third-order valence-electron chi connectivity index (χ3n) is 5.57. The van der Waals surface area contributed by atoms with Gasteiger partial charge < -0.3 is 24.4 Å². The molecule has 1 aliphatic heterocycles. The third kappa shape index (κ3) is 7.58. The normalized spacial score (nSPS) is 17.2. The fourth-order valence-corrected chi connectivity index (χ4v) is 3.93. The van der Waals surface area contributed by atoms with Crippen LogP contribution in [0.1, 0.15) is 44.5 Å². The Balaban J connectivity index is 1.41. The summed E-state index contributed by atoms with van der Waals surface area (Å²) in [6.45, 7) is 7.25. The van der Waals surface area contributed by atoms with E-state index in [1.54, 1.807) is 33.8 Å². The number of pyridine rings is 2. The zero-order valence-corrected chi connectivity index (χ0v) is 22.6. The van der Waals surface area contributed by atoms with Gasteiger partial charge in [0.25, 0.3) is 11.8 Å². The predicted molar refractivity (Wildman–Crippen MR) is 139 cm³/mol. The number of nitrogens with one attached hydrogen (secondary N) is 1. The highest BCUT2D eigenvalue weighted by Gasteiger charge is 2.33. The van der Waals surface area contributed by atoms with Crippen molar-refractivity contribution in [1.82, 2.24) is 30.2 Å². The van der Waals surface area contributed by atoms with Crippen molar-refractivity contribution < 1.29 is 32.6 Å². The molecular weight excluding hydrogens is 526 g/mol. The summed E-state index contributed by atoms with van der Waals surface area (Å²) in [4.78, 5) is 43.0. The van der Waals surface area contributed by atoms with Crippen molar-refractivity contribution in [2.24, 2.45) is 0 Å². The number of amides is 2. The molecule has 1 saturated heterocycles. The number of aromatic nitrogens is 4. The molecular formula is C27H30F2N6O5. The van der Waals surface area contributed by atoms with E-state index in [1.807, 2.05) is 0 Å². The van der Waals surface area contributed by atoms with E-state index in [2.05, 4.69) is 25.3 Å². The van der Waals surface area contributed by atoms with Gasteiger partial charge in [-0.1, -0.05) is 0 Å². The van der Waals surface area contributed by atoms with Crippen molar-refractivity contribution in [3.05, 3.63) is 54.5 Å². The summed E-state index contributed by atoms with van der Waals surface area (Å²) in [5.41, 5.74) is -0.0697. The number of halogens is 2. The van der Waals surface area contributed by atoms with Gasteiger partial charge in [0.15, 0.2) is 11.6 Å². The molecule has 40 heavy (non-hydrogen) atoms. The van der Waals surface area contributed by atoms with E-state index in [0.29, 0.717) is 12.2 Å². The summed E-state index contributed by atoms with van der Waals surface area (Å²) in [5.74, 6) is -0.298. The van der Waals surface area contributed by atoms with E-state index >= 15 is 0 Å². The van der Waals surface area contributed by atoms with Gasteiger partial charge in [0.1, 0.15) is 23.3 Å². The molecule has 0 bridgehead atoms. The van der Waals surface area contributed by atoms with Crippen molar-refractivity contribution >= 4 is 12.0 Å². The van der Waals surface area contributed by atoms with Crippen molar-refractivity contribution in [3.8, 4) is 28.8 Å². The Hall–Kier alpha value is -4.42. The number of nitrogens with zero attached hydrogens (tertiary/aromatic N) is 5. The molecule has 0 aliphatic carbocycles. The first kappa shape index (κ1) is 28.6. The van der Waals surface area contributed by atoms with E-state index < -0.39 is 35.6 Å². The molecule has 2 atom stereocenters.